The highest BCUT2D eigenvalue weighted by Crippen LogP contribution is 2.36. The summed E-state index contributed by atoms with van der Waals surface area (Å²) in [6.45, 7) is 14.8. The minimum atomic E-state index is 0.202. The highest BCUT2D eigenvalue weighted by atomic mass is 14.7. The van der Waals surface area contributed by atoms with Crippen molar-refractivity contribution in [2.45, 2.75) is 58.3 Å². The van der Waals surface area contributed by atoms with E-state index in [4.69, 9.17) is 0 Å². The smallest absolute Gasteiger partial charge is 0.0458 e. The quantitative estimate of drug-likeness (QED) is 0.863. The average Bonchev–Trinajstić information content (AvgIpc) is 2.76. The van der Waals surface area contributed by atoms with E-state index in [0.717, 1.165) is 12.3 Å². The summed E-state index contributed by atoms with van der Waals surface area (Å²) in [5.74, 6) is 0.843. The third-order valence-corrected chi connectivity index (χ3v) is 4.84. The number of H-pyrrole nitrogens is 1. The number of aromatic nitrogens is 1. The number of rotatable bonds is 3. The van der Waals surface area contributed by atoms with Crippen LogP contribution in [0.25, 0.3) is 12.2 Å². The Hall–Kier alpha value is -1.50. The molecular formula is C20H29N. The minimum Gasteiger partial charge on any atom is -0.358 e. The zero-order valence-corrected chi connectivity index (χ0v) is 13.8. The van der Waals surface area contributed by atoms with Crippen LogP contribution in [0.4, 0.5) is 0 Å². The molecule has 1 unspecified atom stereocenters. The first-order chi connectivity index (χ1) is 10.0. The molecule has 0 fully saturated rings. The fourth-order valence-corrected chi connectivity index (χ4v) is 3.81. The van der Waals surface area contributed by atoms with Crippen LogP contribution in [-0.4, -0.2) is 4.98 Å². The molecule has 2 rings (SSSR count). The molecule has 1 atom stereocenters. The Kier molecular flexibility index (Phi) is 4.92. The van der Waals surface area contributed by atoms with Crippen molar-refractivity contribution < 1.29 is 0 Å². The van der Waals surface area contributed by atoms with Gasteiger partial charge in [0.25, 0.3) is 0 Å². The van der Waals surface area contributed by atoms with E-state index >= 15 is 0 Å². The molecule has 0 aliphatic heterocycles. The van der Waals surface area contributed by atoms with E-state index in [1.807, 2.05) is 12.2 Å². The zero-order chi connectivity index (χ0) is 15.5. The third-order valence-electron chi connectivity index (χ3n) is 4.84. The molecule has 1 N–H and O–H groups in total. The predicted octanol–water partition coefficient (Wildman–Crippen LogP) is 3.98. The van der Waals surface area contributed by atoms with Crippen LogP contribution in [0.5, 0.6) is 0 Å². The van der Waals surface area contributed by atoms with Crippen molar-refractivity contribution in [2.24, 2.45) is 5.92 Å². The van der Waals surface area contributed by atoms with Crippen molar-refractivity contribution in [1.82, 2.24) is 4.98 Å². The van der Waals surface area contributed by atoms with Gasteiger partial charge in [-0.15, -0.1) is 0 Å². The normalized spacial score (nSPS) is 23.3. The molecule has 1 nitrogen and oxygen atoms in total. The Labute approximate surface area is 129 Å². The minimum absolute atomic E-state index is 0.202. The number of hydrogen-bond acceptors (Lipinski definition) is 0. The van der Waals surface area contributed by atoms with Gasteiger partial charge >= 0.3 is 0 Å². The number of aromatic amines is 1. The molecule has 0 bridgehead atoms. The first-order valence-electron chi connectivity index (χ1n) is 8.20. The van der Waals surface area contributed by atoms with E-state index < -0.39 is 0 Å². The summed E-state index contributed by atoms with van der Waals surface area (Å²) in [6.07, 6.45) is 14.3. The standard InChI is InChI=1S/C20H29N/c1-6-10-16-17-13-9-12-15(8-3)14-20(4,5)19(17)21-18(16)11-7-2/h6-7,10-11,15,21H,1-2,8-9,12-14H2,3-5H3/b16-10-,18-11+. The van der Waals surface area contributed by atoms with E-state index in [-0.39, 0.29) is 5.41 Å². The molecule has 1 heterocycles. The lowest BCUT2D eigenvalue weighted by Gasteiger charge is -2.32. The van der Waals surface area contributed by atoms with Crippen molar-refractivity contribution in [3.05, 3.63) is 47.1 Å². The van der Waals surface area contributed by atoms with Crippen molar-refractivity contribution in [3.8, 4) is 0 Å². The van der Waals surface area contributed by atoms with Crippen LogP contribution in [0.3, 0.4) is 0 Å². The summed E-state index contributed by atoms with van der Waals surface area (Å²) in [4.78, 5) is 3.68. The molecule has 1 heteroatoms. The number of fused-ring (bicyclic) bond motifs is 1. The fourth-order valence-electron chi connectivity index (χ4n) is 3.81. The second-order valence-corrected chi connectivity index (χ2v) is 6.87. The van der Waals surface area contributed by atoms with E-state index in [0.29, 0.717) is 0 Å². The molecule has 0 saturated carbocycles. The predicted molar refractivity (Wildman–Crippen MR) is 93.7 cm³/mol. The maximum atomic E-state index is 3.88. The van der Waals surface area contributed by atoms with Crippen molar-refractivity contribution >= 4 is 12.2 Å². The summed E-state index contributed by atoms with van der Waals surface area (Å²) >= 11 is 0. The average molecular weight is 283 g/mol. The van der Waals surface area contributed by atoms with Gasteiger partial charge in [-0.1, -0.05) is 65.0 Å². The first kappa shape index (κ1) is 15.9. The molecule has 0 aromatic carbocycles. The monoisotopic (exact) mass is 283 g/mol. The van der Waals surface area contributed by atoms with Crippen LogP contribution in [0.1, 0.15) is 57.7 Å². The zero-order valence-electron chi connectivity index (χ0n) is 13.8. The fraction of sp³-hybridized carbons (Fsp3) is 0.500. The van der Waals surface area contributed by atoms with Gasteiger partial charge < -0.3 is 4.98 Å². The van der Waals surface area contributed by atoms with Gasteiger partial charge in [-0.25, -0.2) is 0 Å². The summed E-state index contributed by atoms with van der Waals surface area (Å²) < 4.78 is 0. The van der Waals surface area contributed by atoms with Gasteiger partial charge in [0.2, 0.25) is 0 Å². The molecular weight excluding hydrogens is 254 g/mol. The van der Waals surface area contributed by atoms with Crippen LogP contribution < -0.4 is 10.6 Å². The Bertz CT molecular complexity index is 628. The molecule has 0 radical (unpaired) electrons. The topological polar surface area (TPSA) is 15.8 Å². The number of hydrogen-bond donors (Lipinski definition) is 1. The Morgan fingerprint density at radius 2 is 1.95 bits per heavy atom. The number of nitrogens with one attached hydrogen (secondary N) is 1. The summed E-state index contributed by atoms with van der Waals surface area (Å²) in [5.41, 5.74) is 3.11. The third kappa shape index (κ3) is 3.23. The van der Waals surface area contributed by atoms with Crippen molar-refractivity contribution in [2.75, 3.05) is 0 Å². The van der Waals surface area contributed by atoms with Gasteiger partial charge in [-0.05, 0) is 36.8 Å². The maximum Gasteiger partial charge on any atom is 0.0458 e. The first-order valence-corrected chi connectivity index (χ1v) is 8.20. The van der Waals surface area contributed by atoms with Gasteiger partial charge in [0, 0.05) is 21.7 Å². The second-order valence-electron chi connectivity index (χ2n) is 6.87. The lowest BCUT2D eigenvalue weighted by molar-refractivity contribution is 0.312. The lowest BCUT2D eigenvalue weighted by atomic mass is 9.74. The summed E-state index contributed by atoms with van der Waals surface area (Å²) in [6, 6.07) is 0. The van der Waals surface area contributed by atoms with Gasteiger partial charge in [-0.2, -0.15) is 0 Å². The second kappa shape index (κ2) is 6.51. The van der Waals surface area contributed by atoms with Crippen molar-refractivity contribution in [3.63, 3.8) is 0 Å². The highest BCUT2D eigenvalue weighted by molar-refractivity contribution is 5.47. The molecule has 1 aliphatic carbocycles. The summed E-state index contributed by atoms with van der Waals surface area (Å²) in [7, 11) is 0. The molecule has 0 spiro atoms. The number of allylic oxidation sites excluding steroid dienone is 2. The van der Waals surface area contributed by atoms with Gasteiger partial charge in [0.1, 0.15) is 0 Å². The molecule has 1 aliphatic rings. The van der Waals surface area contributed by atoms with Gasteiger partial charge in [0.05, 0.1) is 0 Å². The highest BCUT2D eigenvalue weighted by Gasteiger charge is 2.30. The van der Waals surface area contributed by atoms with E-state index in [1.54, 1.807) is 0 Å². The maximum absolute atomic E-state index is 3.88. The van der Waals surface area contributed by atoms with Crippen LogP contribution >= 0.6 is 0 Å². The Morgan fingerprint density at radius 3 is 2.57 bits per heavy atom. The van der Waals surface area contributed by atoms with Gasteiger partial charge in [-0.3, -0.25) is 0 Å². The SMILES string of the molecule is C=C/C=c1/c2c([nH]/c1=C/C=C)C(C)(C)CC(CC)CCC2. The van der Waals surface area contributed by atoms with Gasteiger partial charge in [0.15, 0.2) is 0 Å². The molecule has 21 heavy (non-hydrogen) atoms. The largest absolute Gasteiger partial charge is 0.358 e. The van der Waals surface area contributed by atoms with Crippen LogP contribution in [-0.2, 0) is 11.8 Å². The van der Waals surface area contributed by atoms with Crippen LogP contribution in [0.2, 0.25) is 0 Å². The Morgan fingerprint density at radius 1 is 1.24 bits per heavy atom. The molecule has 1 aromatic heterocycles. The van der Waals surface area contributed by atoms with Crippen molar-refractivity contribution in [1.29, 1.82) is 0 Å². The molecule has 1 aromatic rings. The van der Waals surface area contributed by atoms with E-state index in [2.05, 4.69) is 51.1 Å². The lowest BCUT2D eigenvalue weighted by Crippen LogP contribution is -2.27. The van der Waals surface area contributed by atoms with E-state index in [1.165, 1.54) is 47.5 Å². The van der Waals surface area contributed by atoms with Crippen LogP contribution in [0, 0.1) is 5.92 Å². The van der Waals surface area contributed by atoms with E-state index in [9.17, 15) is 0 Å². The molecule has 0 saturated heterocycles. The molecule has 0 amide bonds. The Balaban J connectivity index is 2.67. The van der Waals surface area contributed by atoms with Crippen LogP contribution in [0.15, 0.2) is 25.3 Å². The summed E-state index contributed by atoms with van der Waals surface area (Å²) in [5, 5.41) is 2.49. The molecule has 114 valence electrons.